The summed E-state index contributed by atoms with van der Waals surface area (Å²) in [6.07, 6.45) is 8.95. The fourth-order valence-corrected chi connectivity index (χ4v) is 2.49. The van der Waals surface area contributed by atoms with E-state index in [0.717, 1.165) is 18.2 Å². The fraction of sp³-hybridized carbons (Fsp3) is 0.615. The van der Waals surface area contributed by atoms with E-state index in [1.807, 2.05) is 7.05 Å². The van der Waals surface area contributed by atoms with Crippen LogP contribution in [-0.4, -0.2) is 29.3 Å². The molecule has 2 rings (SSSR count). The molecule has 0 radical (unpaired) electrons. The molecule has 1 aromatic heterocycles. The number of carbonyl (C=O) groups excluding carboxylic acids is 1. The topological polar surface area (TPSA) is 46.1 Å². The molecule has 92 valence electrons. The Bertz CT molecular complexity index is 377. The van der Waals surface area contributed by atoms with Gasteiger partial charge < -0.3 is 4.90 Å². The number of nitrogens with zero attached hydrogens (tertiary/aromatic N) is 3. The largest absolute Gasteiger partial charge is 0.341 e. The highest BCUT2D eigenvalue weighted by Gasteiger charge is 2.23. The first-order valence-corrected chi connectivity index (χ1v) is 6.20. The molecule has 0 saturated heterocycles. The van der Waals surface area contributed by atoms with Crippen molar-refractivity contribution in [1.82, 2.24) is 9.97 Å². The monoisotopic (exact) mass is 233 g/mol. The van der Waals surface area contributed by atoms with Gasteiger partial charge in [-0.15, -0.1) is 0 Å². The van der Waals surface area contributed by atoms with E-state index >= 15 is 0 Å². The molecule has 0 bridgehead atoms. The molecule has 1 aliphatic rings. The molecule has 1 aliphatic carbocycles. The van der Waals surface area contributed by atoms with Crippen molar-refractivity contribution in [3.05, 3.63) is 18.0 Å². The maximum atomic E-state index is 10.5. The van der Waals surface area contributed by atoms with Crippen molar-refractivity contribution in [2.24, 2.45) is 5.92 Å². The van der Waals surface area contributed by atoms with E-state index in [4.69, 9.17) is 0 Å². The average molecular weight is 233 g/mol. The van der Waals surface area contributed by atoms with E-state index in [1.165, 1.54) is 25.7 Å². The lowest BCUT2D eigenvalue weighted by molar-refractivity contribution is 0.112. The van der Waals surface area contributed by atoms with E-state index in [1.54, 1.807) is 12.4 Å². The molecule has 0 aliphatic heterocycles. The number of aromatic nitrogens is 2. The lowest BCUT2D eigenvalue weighted by atomic mass is 9.86. The minimum Gasteiger partial charge on any atom is -0.341 e. The summed E-state index contributed by atoms with van der Waals surface area (Å²) in [6.45, 7) is 2.30. The minimum atomic E-state index is 0.527. The number of carbonyl (C=O) groups is 1. The molecule has 2 unspecified atom stereocenters. The van der Waals surface area contributed by atoms with Gasteiger partial charge >= 0.3 is 0 Å². The summed E-state index contributed by atoms with van der Waals surface area (Å²) in [6, 6.07) is 0.529. The summed E-state index contributed by atoms with van der Waals surface area (Å²) in [5.74, 6) is 1.50. The van der Waals surface area contributed by atoms with Crippen molar-refractivity contribution in [3.8, 4) is 0 Å². The van der Waals surface area contributed by atoms with Crippen LogP contribution in [0.5, 0.6) is 0 Å². The van der Waals surface area contributed by atoms with Crippen LogP contribution < -0.4 is 4.90 Å². The van der Waals surface area contributed by atoms with E-state index < -0.39 is 0 Å². The summed E-state index contributed by atoms with van der Waals surface area (Å²) in [7, 11) is 2.04. The number of hydrogen-bond acceptors (Lipinski definition) is 4. The predicted molar refractivity (Wildman–Crippen MR) is 67.2 cm³/mol. The van der Waals surface area contributed by atoms with Crippen LogP contribution in [0.1, 0.15) is 43.0 Å². The highest BCUT2D eigenvalue weighted by atomic mass is 16.1. The maximum Gasteiger partial charge on any atom is 0.225 e. The second-order valence-corrected chi connectivity index (χ2v) is 4.97. The van der Waals surface area contributed by atoms with Crippen LogP contribution in [0.15, 0.2) is 12.4 Å². The van der Waals surface area contributed by atoms with Crippen molar-refractivity contribution in [2.45, 2.75) is 38.6 Å². The lowest BCUT2D eigenvalue weighted by Crippen LogP contribution is -2.36. The Morgan fingerprint density at radius 1 is 1.35 bits per heavy atom. The number of anilines is 1. The van der Waals surface area contributed by atoms with Crippen LogP contribution >= 0.6 is 0 Å². The summed E-state index contributed by atoms with van der Waals surface area (Å²) in [4.78, 5) is 21.1. The molecule has 0 aromatic carbocycles. The quantitative estimate of drug-likeness (QED) is 0.751. The maximum absolute atomic E-state index is 10.5. The van der Waals surface area contributed by atoms with Crippen molar-refractivity contribution >= 4 is 12.2 Å². The second kappa shape index (κ2) is 5.25. The van der Waals surface area contributed by atoms with Gasteiger partial charge in [0.1, 0.15) is 0 Å². The first-order valence-electron chi connectivity index (χ1n) is 6.20. The van der Waals surface area contributed by atoms with Gasteiger partial charge in [0.15, 0.2) is 6.29 Å². The normalized spacial score (nSPS) is 24.4. The molecule has 1 fully saturated rings. The molecule has 2 atom stereocenters. The molecule has 1 saturated carbocycles. The van der Waals surface area contributed by atoms with Gasteiger partial charge in [-0.2, -0.15) is 0 Å². The standard InChI is InChI=1S/C13H19N3O/c1-10-4-3-5-12(6-10)16(2)13-14-7-11(9-17)8-15-13/h7-10,12H,3-6H2,1-2H3. The molecule has 4 heteroatoms. The Balaban J connectivity index is 2.07. The summed E-state index contributed by atoms with van der Waals surface area (Å²) in [5, 5.41) is 0. The molecule has 0 amide bonds. The first-order chi connectivity index (χ1) is 8.20. The van der Waals surface area contributed by atoms with Gasteiger partial charge in [0, 0.05) is 25.5 Å². The fourth-order valence-electron chi connectivity index (χ4n) is 2.49. The van der Waals surface area contributed by atoms with Gasteiger partial charge in [0.05, 0.1) is 5.56 Å². The van der Waals surface area contributed by atoms with Crippen LogP contribution in [0.3, 0.4) is 0 Å². The lowest BCUT2D eigenvalue weighted by Gasteiger charge is -2.34. The summed E-state index contributed by atoms with van der Waals surface area (Å²) >= 11 is 0. The zero-order valence-corrected chi connectivity index (χ0v) is 10.5. The Morgan fingerprint density at radius 3 is 2.65 bits per heavy atom. The SMILES string of the molecule is CC1CCCC(N(C)c2ncc(C=O)cn2)C1. The molecule has 17 heavy (non-hydrogen) atoms. The van der Waals surface area contributed by atoms with Crippen molar-refractivity contribution in [1.29, 1.82) is 0 Å². The van der Waals surface area contributed by atoms with E-state index in [2.05, 4.69) is 21.8 Å². The van der Waals surface area contributed by atoms with Gasteiger partial charge in [0.25, 0.3) is 0 Å². The van der Waals surface area contributed by atoms with Crippen molar-refractivity contribution in [2.75, 3.05) is 11.9 Å². The highest BCUT2D eigenvalue weighted by molar-refractivity contribution is 5.73. The first kappa shape index (κ1) is 12.0. The molecule has 0 spiro atoms. The Morgan fingerprint density at radius 2 is 2.06 bits per heavy atom. The van der Waals surface area contributed by atoms with Gasteiger partial charge in [-0.1, -0.05) is 19.8 Å². The van der Waals surface area contributed by atoms with Crippen LogP contribution in [0.25, 0.3) is 0 Å². The van der Waals surface area contributed by atoms with E-state index in [-0.39, 0.29) is 0 Å². The van der Waals surface area contributed by atoms with Gasteiger partial charge in [-0.05, 0) is 18.8 Å². The highest BCUT2D eigenvalue weighted by Crippen LogP contribution is 2.28. The molecule has 1 heterocycles. The van der Waals surface area contributed by atoms with Crippen molar-refractivity contribution < 1.29 is 4.79 Å². The molecule has 0 N–H and O–H groups in total. The minimum absolute atomic E-state index is 0.527. The zero-order chi connectivity index (χ0) is 12.3. The third-order valence-corrected chi connectivity index (χ3v) is 3.57. The molecular formula is C13H19N3O. The van der Waals surface area contributed by atoms with Crippen LogP contribution in [0, 0.1) is 5.92 Å². The van der Waals surface area contributed by atoms with Crippen LogP contribution in [0.2, 0.25) is 0 Å². The molecule has 4 nitrogen and oxygen atoms in total. The second-order valence-electron chi connectivity index (χ2n) is 4.97. The number of rotatable bonds is 3. The molecule has 1 aromatic rings. The van der Waals surface area contributed by atoms with Crippen molar-refractivity contribution in [3.63, 3.8) is 0 Å². The Labute approximate surface area is 102 Å². The van der Waals surface area contributed by atoms with Crippen LogP contribution in [0.4, 0.5) is 5.95 Å². The zero-order valence-electron chi connectivity index (χ0n) is 10.5. The van der Waals surface area contributed by atoms with Gasteiger partial charge in [-0.25, -0.2) is 9.97 Å². The number of aldehydes is 1. The Kier molecular flexibility index (Phi) is 3.71. The average Bonchev–Trinajstić information content (AvgIpc) is 2.38. The third kappa shape index (κ3) is 2.81. The van der Waals surface area contributed by atoms with E-state index in [9.17, 15) is 4.79 Å². The van der Waals surface area contributed by atoms with E-state index in [0.29, 0.717) is 11.6 Å². The summed E-state index contributed by atoms with van der Waals surface area (Å²) < 4.78 is 0. The predicted octanol–water partition coefficient (Wildman–Crippen LogP) is 2.30. The third-order valence-electron chi connectivity index (χ3n) is 3.57. The number of hydrogen-bond donors (Lipinski definition) is 0. The van der Waals surface area contributed by atoms with Gasteiger partial charge in [-0.3, -0.25) is 4.79 Å². The summed E-state index contributed by atoms with van der Waals surface area (Å²) in [5.41, 5.74) is 0.527. The molecular weight excluding hydrogens is 214 g/mol. The van der Waals surface area contributed by atoms with Gasteiger partial charge in [0.2, 0.25) is 5.95 Å². The Hall–Kier alpha value is -1.45. The smallest absolute Gasteiger partial charge is 0.225 e. The van der Waals surface area contributed by atoms with Crippen LogP contribution in [-0.2, 0) is 0 Å².